The summed E-state index contributed by atoms with van der Waals surface area (Å²) in [7, 11) is 0. The first-order valence-electron chi connectivity index (χ1n) is 12.3. The molecule has 206 valence electrons. The number of rotatable bonds is 5. The molecule has 1 atom stereocenters. The molecule has 0 bridgehead atoms. The Labute approximate surface area is 216 Å². The van der Waals surface area contributed by atoms with E-state index >= 15 is 0 Å². The van der Waals surface area contributed by atoms with Gasteiger partial charge in [0.15, 0.2) is 0 Å². The van der Waals surface area contributed by atoms with Crippen LogP contribution >= 0.6 is 0 Å². The number of amides is 3. The first-order valence-corrected chi connectivity index (χ1v) is 12.3. The van der Waals surface area contributed by atoms with E-state index in [1.165, 1.54) is 5.56 Å². The molecular formula is C26H28F6N4O2. The van der Waals surface area contributed by atoms with Gasteiger partial charge in [0.05, 0.1) is 11.1 Å². The van der Waals surface area contributed by atoms with Crippen molar-refractivity contribution in [1.82, 2.24) is 15.1 Å². The maximum atomic E-state index is 13.2. The Hall–Kier alpha value is -3.28. The summed E-state index contributed by atoms with van der Waals surface area (Å²) in [5.74, 6) is -0.376. The summed E-state index contributed by atoms with van der Waals surface area (Å²) in [6.07, 6.45) is -7.79. The second-order valence-electron chi connectivity index (χ2n) is 9.62. The van der Waals surface area contributed by atoms with Crippen LogP contribution in [0.25, 0.3) is 0 Å². The molecule has 0 aromatic heterocycles. The number of hydrogen-bond acceptors (Lipinski definition) is 3. The topological polar surface area (TPSA) is 64.7 Å². The van der Waals surface area contributed by atoms with E-state index in [4.69, 9.17) is 0 Å². The highest BCUT2D eigenvalue weighted by Gasteiger charge is 2.39. The number of carbonyl (C=O) groups excluding carboxylic acids is 2. The van der Waals surface area contributed by atoms with Crippen molar-refractivity contribution in [3.05, 3.63) is 65.2 Å². The van der Waals surface area contributed by atoms with Crippen LogP contribution in [-0.2, 0) is 23.7 Å². The highest BCUT2D eigenvalue weighted by molar-refractivity contribution is 5.94. The minimum absolute atomic E-state index is 0.00703. The first kappa shape index (κ1) is 27.7. The number of nitrogens with zero attached hydrogens (tertiary/aromatic N) is 2. The molecular weight excluding hydrogens is 514 g/mol. The molecule has 3 amide bonds. The molecule has 2 fully saturated rings. The summed E-state index contributed by atoms with van der Waals surface area (Å²) in [6, 6.07) is 9.04. The smallest absolute Gasteiger partial charge is 0.351 e. The Morgan fingerprint density at radius 1 is 0.842 bits per heavy atom. The van der Waals surface area contributed by atoms with Crippen LogP contribution in [0.1, 0.15) is 42.4 Å². The van der Waals surface area contributed by atoms with Crippen LogP contribution in [0.5, 0.6) is 0 Å². The number of likely N-dealkylation sites (tertiary alicyclic amines) is 2. The van der Waals surface area contributed by atoms with Gasteiger partial charge in [-0.3, -0.25) is 9.69 Å². The molecule has 0 radical (unpaired) electrons. The second kappa shape index (κ2) is 11.2. The Morgan fingerprint density at radius 3 is 2.03 bits per heavy atom. The van der Waals surface area contributed by atoms with Gasteiger partial charge in [-0.2, -0.15) is 26.3 Å². The lowest BCUT2D eigenvalue weighted by atomic mass is 10.0. The van der Waals surface area contributed by atoms with Crippen LogP contribution in [0.4, 0.5) is 36.8 Å². The Morgan fingerprint density at radius 2 is 1.45 bits per heavy atom. The summed E-state index contributed by atoms with van der Waals surface area (Å²) in [6.45, 7) is 2.53. The van der Waals surface area contributed by atoms with Crippen molar-refractivity contribution in [2.24, 2.45) is 0 Å². The number of carbonyl (C=O) groups is 2. The van der Waals surface area contributed by atoms with Gasteiger partial charge in [-0.1, -0.05) is 30.3 Å². The highest BCUT2D eigenvalue weighted by Crippen LogP contribution is 2.37. The van der Waals surface area contributed by atoms with Crippen LogP contribution in [-0.4, -0.2) is 53.5 Å². The lowest BCUT2D eigenvalue weighted by molar-refractivity contribution is -0.143. The van der Waals surface area contributed by atoms with E-state index in [1.807, 2.05) is 18.2 Å². The quantitative estimate of drug-likeness (QED) is 0.491. The molecule has 4 rings (SSSR count). The van der Waals surface area contributed by atoms with Gasteiger partial charge in [-0.25, -0.2) is 4.79 Å². The summed E-state index contributed by atoms with van der Waals surface area (Å²) in [5.41, 5.74) is -2.51. The fourth-order valence-corrected chi connectivity index (χ4v) is 4.88. The summed E-state index contributed by atoms with van der Waals surface area (Å²) >= 11 is 0. The number of halogens is 6. The molecule has 6 nitrogen and oxygen atoms in total. The van der Waals surface area contributed by atoms with Crippen molar-refractivity contribution in [3.63, 3.8) is 0 Å². The summed E-state index contributed by atoms with van der Waals surface area (Å²) in [4.78, 5) is 29.3. The third-order valence-electron chi connectivity index (χ3n) is 6.84. The van der Waals surface area contributed by atoms with Crippen molar-refractivity contribution in [2.75, 3.05) is 25.0 Å². The maximum Gasteiger partial charge on any atom is 0.416 e. The molecule has 2 N–H and O–H groups in total. The van der Waals surface area contributed by atoms with Gasteiger partial charge in [-0.05, 0) is 49.4 Å². The number of nitrogens with one attached hydrogen (secondary N) is 2. The second-order valence-corrected chi connectivity index (χ2v) is 9.62. The van der Waals surface area contributed by atoms with Crippen LogP contribution in [0, 0.1) is 0 Å². The van der Waals surface area contributed by atoms with E-state index in [9.17, 15) is 35.9 Å². The molecule has 0 saturated carbocycles. The van der Waals surface area contributed by atoms with Gasteiger partial charge in [0.25, 0.3) is 0 Å². The molecule has 2 heterocycles. The van der Waals surface area contributed by atoms with Crippen molar-refractivity contribution >= 4 is 17.6 Å². The fourth-order valence-electron chi connectivity index (χ4n) is 4.88. The first-order chi connectivity index (χ1) is 17.9. The standard InChI is InChI=1S/C26H28F6N4O2/c27-25(28,29)18-13-19(26(30,31)32)15-21(14-18)34-24(38)36-10-4-7-22(36)23(37)33-20-8-11-35(12-9-20)16-17-5-2-1-3-6-17/h1-3,5-6,13-15,20,22H,4,7-12,16H2,(H,33,37)(H,34,38). The predicted molar refractivity (Wildman–Crippen MR) is 128 cm³/mol. The molecule has 12 heteroatoms. The zero-order chi connectivity index (χ0) is 27.5. The van der Waals surface area contributed by atoms with E-state index in [0.717, 1.165) is 37.4 Å². The average Bonchev–Trinajstić information content (AvgIpc) is 3.35. The van der Waals surface area contributed by atoms with Crippen molar-refractivity contribution in [2.45, 2.75) is 56.7 Å². The Balaban J connectivity index is 1.35. The van der Waals surface area contributed by atoms with Gasteiger partial charge in [0.2, 0.25) is 5.91 Å². The van der Waals surface area contributed by atoms with Crippen molar-refractivity contribution in [1.29, 1.82) is 0 Å². The lowest BCUT2D eigenvalue weighted by Gasteiger charge is -2.33. The zero-order valence-electron chi connectivity index (χ0n) is 20.4. The van der Waals surface area contributed by atoms with E-state index in [1.54, 1.807) is 0 Å². The van der Waals surface area contributed by atoms with E-state index in [-0.39, 0.29) is 24.6 Å². The van der Waals surface area contributed by atoms with Gasteiger partial charge >= 0.3 is 18.4 Å². The van der Waals surface area contributed by atoms with Crippen molar-refractivity contribution in [3.8, 4) is 0 Å². The monoisotopic (exact) mass is 542 g/mol. The fraction of sp³-hybridized carbons (Fsp3) is 0.462. The molecule has 0 spiro atoms. The molecule has 2 saturated heterocycles. The van der Waals surface area contributed by atoms with E-state index in [0.29, 0.717) is 25.0 Å². The lowest BCUT2D eigenvalue weighted by Crippen LogP contribution is -2.52. The normalized spacial score (nSPS) is 19.4. The minimum atomic E-state index is -5.03. The van der Waals surface area contributed by atoms with Crippen LogP contribution in [0.15, 0.2) is 48.5 Å². The van der Waals surface area contributed by atoms with Crippen LogP contribution in [0.2, 0.25) is 0 Å². The number of hydrogen-bond donors (Lipinski definition) is 2. The molecule has 2 aromatic rings. The van der Waals surface area contributed by atoms with Crippen LogP contribution < -0.4 is 10.6 Å². The van der Waals surface area contributed by atoms with Gasteiger partial charge in [0.1, 0.15) is 6.04 Å². The number of piperidine rings is 1. The molecule has 1 unspecified atom stereocenters. The van der Waals surface area contributed by atoms with Crippen LogP contribution in [0.3, 0.4) is 0 Å². The van der Waals surface area contributed by atoms with E-state index in [2.05, 4.69) is 27.7 Å². The summed E-state index contributed by atoms with van der Waals surface area (Å²) < 4.78 is 78.9. The predicted octanol–water partition coefficient (Wildman–Crippen LogP) is 5.50. The van der Waals surface area contributed by atoms with Gasteiger partial charge in [0, 0.05) is 37.9 Å². The number of alkyl halides is 6. The minimum Gasteiger partial charge on any atom is -0.351 e. The zero-order valence-corrected chi connectivity index (χ0v) is 20.4. The highest BCUT2D eigenvalue weighted by atomic mass is 19.4. The molecule has 38 heavy (non-hydrogen) atoms. The SMILES string of the molecule is O=C(NC1CCN(Cc2ccccc2)CC1)C1CCCN1C(=O)Nc1cc(C(F)(F)F)cc(C(F)(F)F)c1. The van der Waals surface area contributed by atoms with Gasteiger partial charge in [-0.15, -0.1) is 0 Å². The largest absolute Gasteiger partial charge is 0.416 e. The Bertz CT molecular complexity index is 1100. The molecule has 2 aliphatic heterocycles. The third kappa shape index (κ3) is 6.97. The number of anilines is 1. The third-order valence-corrected chi connectivity index (χ3v) is 6.84. The Kier molecular flexibility index (Phi) is 8.19. The number of benzene rings is 2. The molecule has 2 aliphatic rings. The molecule has 2 aromatic carbocycles. The number of urea groups is 1. The van der Waals surface area contributed by atoms with E-state index < -0.39 is 41.2 Å². The van der Waals surface area contributed by atoms with Gasteiger partial charge < -0.3 is 15.5 Å². The summed E-state index contributed by atoms with van der Waals surface area (Å²) in [5, 5.41) is 5.09. The van der Waals surface area contributed by atoms with Crippen molar-refractivity contribution < 1.29 is 35.9 Å². The maximum absolute atomic E-state index is 13.2. The average molecular weight is 543 g/mol. The molecule has 0 aliphatic carbocycles.